The molecule has 0 heterocycles. The van der Waals surface area contributed by atoms with Crippen LogP contribution < -0.4 is 11.5 Å². The Bertz CT molecular complexity index is 622. The predicted molar refractivity (Wildman–Crippen MR) is 71.1 cm³/mol. The fraction of sp³-hybridized carbons (Fsp3) is 0.333. The molecular weight excluding hydrogens is 240 g/mol. The molecule has 4 heteroatoms. The van der Waals surface area contributed by atoms with Gasteiger partial charge in [0.15, 0.2) is 0 Å². The Morgan fingerprint density at radius 2 is 1.79 bits per heavy atom. The first-order chi connectivity index (χ1) is 8.95. The van der Waals surface area contributed by atoms with E-state index in [2.05, 4.69) is 0 Å². The highest BCUT2D eigenvalue weighted by Crippen LogP contribution is 2.57. The number of fused-ring (bicyclic) bond motifs is 5. The van der Waals surface area contributed by atoms with Gasteiger partial charge in [-0.2, -0.15) is 0 Å². The van der Waals surface area contributed by atoms with Crippen molar-refractivity contribution in [3.8, 4) is 0 Å². The molecule has 2 aliphatic rings. The molecule has 0 saturated carbocycles. The summed E-state index contributed by atoms with van der Waals surface area (Å²) in [6.45, 7) is 1.95. The molecule has 2 aliphatic carbocycles. The Balaban J connectivity index is 2.39. The van der Waals surface area contributed by atoms with Gasteiger partial charge in [-0.3, -0.25) is 9.59 Å². The number of benzene rings is 1. The number of allylic oxidation sites excluding steroid dienone is 1. The first kappa shape index (κ1) is 12.0. The molecule has 2 amide bonds. The molecule has 98 valence electrons. The maximum atomic E-state index is 12.1. The fourth-order valence-corrected chi connectivity index (χ4v) is 3.67. The standard InChI is InChI=1S/C15H16N2O2/c1-9-6-7-14(12(16)18)8-15(9,13(17)19)11-5-3-2-4-10(11)14/h2-7,9H,8H2,1H3,(H2,16,18)(H2,17,19). The molecule has 2 bridgehead atoms. The predicted octanol–water partition coefficient (Wildman–Crippen LogP) is 0.742. The van der Waals surface area contributed by atoms with Gasteiger partial charge in [0.2, 0.25) is 11.8 Å². The van der Waals surface area contributed by atoms with E-state index >= 15 is 0 Å². The lowest BCUT2D eigenvalue weighted by Gasteiger charge is -2.37. The van der Waals surface area contributed by atoms with Gasteiger partial charge in [0, 0.05) is 0 Å². The van der Waals surface area contributed by atoms with Crippen molar-refractivity contribution in [1.82, 2.24) is 0 Å². The van der Waals surface area contributed by atoms with E-state index in [4.69, 9.17) is 11.5 Å². The molecule has 0 saturated heterocycles. The molecule has 4 N–H and O–H groups in total. The van der Waals surface area contributed by atoms with Gasteiger partial charge < -0.3 is 11.5 Å². The molecule has 0 fully saturated rings. The van der Waals surface area contributed by atoms with Crippen molar-refractivity contribution in [1.29, 1.82) is 0 Å². The third-order valence-corrected chi connectivity index (χ3v) is 4.77. The van der Waals surface area contributed by atoms with E-state index in [0.717, 1.165) is 11.1 Å². The summed E-state index contributed by atoms with van der Waals surface area (Å²) in [7, 11) is 0. The lowest BCUT2D eigenvalue weighted by atomic mass is 9.65. The molecule has 3 atom stereocenters. The summed E-state index contributed by atoms with van der Waals surface area (Å²) in [4.78, 5) is 24.1. The molecule has 19 heavy (non-hydrogen) atoms. The van der Waals surface area contributed by atoms with Gasteiger partial charge in [-0.15, -0.1) is 0 Å². The van der Waals surface area contributed by atoms with Crippen LogP contribution in [0.2, 0.25) is 0 Å². The number of primary amides is 2. The molecule has 3 unspecified atom stereocenters. The topological polar surface area (TPSA) is 86.2 Å². The second kappa shape index (κ2) is 3.47. The lowest BCUT2D eigenvalue weighted by Crippen LogP contribution is -2.50. The van der Waals surface area contributed by atoms with Crippen LogP contribution in [0.3, 0.4) is 0 Å². The van der Waals surface area contributed by atoms with Crippen molar-refractivity contribution in [2.45, 2.75) is 24.2 Å². The number of amides is 2. The SMILES string of the molecule is CC1C=CC2(C(N)=O)CC1(C(N)=O)c1ccccc12. The Kier molecular flexibility index (Phi) is 2.18. The van der Waals surface area contributed by atoms with E-state index in [0.29, 0.717) is 6.42 Å². The number of carbonyl (C=O) groups is 2. The molecule has 1 aromatic rings. The van der Waals surface area contributed by atoms with Crippen molar-refractivity contribution >= 4 is 11.8 Å². The second-order valence-electron chi connectivity index (χ2n) is 5.54. The number of nitrogens with two attached hydrogens (primary N) is 2. The van der Waals surface area contributed by atoms with Crippen molar-refractivity contribution in [3.05, 3.63) is 47.5 Å². The highest BCUT2D eigenvalue weighted by Gasteiger charge is 2.60. The molecule has 0 radical (unpaired) electrons. The highest BCUT2D eigenvalue weighted by molar-refractivity contribution is 5.98. The van der Waals surface area contributed by atoms with Crippen LogP contribution in [0.15, 0.2) is 36.4 Å². The zero-order chi connectivity index (χ0) is 13.8. The van der Waals surface area contributed by atoms with E-state index in [1.165, 1.54) is 0 Å². The van der Waals surface area contributed by atoms with Crippen molar-refractivity contribution < 1.29 is 9.59 Å². The number of hydrogen-bond donors (Lipinski definition) is 2. The van der Waals surface area contributed by atoms with Gasteiger partial charge in [0.1, 0.15) is 0 Å². The first-order valence-electron chi connectivity index (χ1n) is 6.34. The molecule has 0 aliphatic heterocycles. The minimum absolute atomic E-state index is 0.0406. The van der Waals surface area contributed by atoms with Gasteiger partial charge in [-0.1, -0.05) is 43.3 Å². The first-order valence-corrected chi connectivity index (χ1v) is 6.34. The van der Waals surface area contributed by atoms with E-state index in [9.17, 15) is 9.59 Å². The minimum atomic E-state index is -0.891. The monoisotopic (exact) mass is 256 g/mol. The summed E-state index contributed by atoms with van der Waals surface area (Å²) >= 11 is 0. The van der Waals surface area contributed by atoms with Crippen molar-refractivity contribution in [2.24, 2.45) is 17.4 Å². The van der Waals surface area contributed by atoms with Crippen LogP contribution >= 0.6 is 0 Å². The third-order valence-electron chi connectivity index (χ3n) is 4.77. The highest BCUT2D eigenvalue weighted by atomic mass is 16.2. The van der Waals surface area contributed by atoms with Crippen molar-refractivity contribution in [3.63, 3.8) is 0 Å². The van der Waals surface area contributed by atoms with Crippen LogP contribution in [0.4, 0.5) is 0 Å². The summed E-state index contributed by atoms with van der Waals surface area (Å²) in [6.07, 6.45) is 4.08. The van der Waals surface area contributed by atoms with Gasteiger partial charge in [0.25, 0.3) is 0 Å². The fourth-order valence-electron chi connectivity index (χ4n) is 3.67. The van der Waals surface area contributed by atoms with Crippen LogP contribution in [0, 0.1) is 5.92 Å². The summed E-state index contributed by atoms with van der Waals surface area (Å²) in [6, 6.07) is 7.48. The van der Waals surface area contributed by atoms with Gasteiger partial charge >= 0.3 is 0 Å². The third kappa shape index (κ3) is 1.19. The number of hydrogen-bond acceptors (Lipinski definition) is 2. The smallest absolute Gasteiger partial charge is 0.231 e. The van der Waals surface area contributed by atoms with Crippen LogP contribution in [0.1, 0.15) is 24.5 Å². The Labute approximate surface area is 111 Å². The van der Waals surface area contributed by atoms with E-state index in [-0.39, 0.29) is 11.8 Å². The summed E-state index contributed by atoms with van der Waals surface area (Å²) < 4.78 is 0. The summed E-state index contributed by atoms with van der Waals surface area (Å²) in [5, 5.41) is 0. The Morgan fingerprint density at radius 3 is 2.37 bits per heavy atom. The number of carbonyl (C=O) groups excluding carboxylic acids is 2. The zero-order valence-corrected chi connectivity index (χ0v) is 10.7. The maximum absolute atomic E-state index is 12.1. The molecular formula is C15H16N2O2. The largest absolute Gasteiger partial charge is 0.369 e. The molecule has 3 rings (SSSR count). The molecule has 0 spiro atoms. The molecule has 0 aromatic heterocycles. The summed E-state index contributed by atoms with van der Waals surface area (Å²) in [5.74, 6) is -0.854. The Hall–Kier alpha value is -2.10. The quantitative estimate of drug-likeness (QED) is 0.765. The maximum Gasteiger partial charge on any atom is 0.231 e. The minimum Gasteiger partial charge on any atom is -0.369 e. The van der Waals surface area contributed by atoms with Gasteiger partial charge in [-0.05, 0) is 23.5 Å². The van der Waals surface area contributed by atoms with Crippen LogP contribution in [-0.4, -0.2) is 11.8 Å². The van der Waals surface area contributed by atoms with Gasteiger partial charge in [0.05, 0.1) is 10.8 Å². The molecule has 4 nitrogen and oxygen atoms in total. The van der Waals surface area contributed by atoms with Gasteiger partial charge in [-0.25, -0.2) is 0 Å². The van der Waals surface area contributed by atoms with Crippen molar-refractivity contribution in [2.75, 3.05) is 0 Å². The second-order valence-corrected chi connectivity index (χ2v) is 5.54. The Morgan fingerprint density at radius 1 is 1.16 bits per heavy atom. The zero-order valence-electron chi connectivity index (χ0n) is 10.7. The number of rotatable bonds is 2. The van der Waals surface area contributed by atoms with E-state index < -0.39 is 16.7 Å². The van der Waals surface area contributed by atoms with E-state index in [1.807, 2.05) is 43.3 Å². The summed E-state index contributed by atoms with van der Waals surface area (Å²) in [5.41, 5.74) is 11.3. The average molecular weight is 256 g/mol. The van der Waals surface area contributed by atoms with E-state index in [1.54, 1.807) is 0 Å². The van der Waals surface area contributed by atoms with Crippen LogP contribution in [0.5, 0.6) is 0 Å². The average Bonchev–Trinajstić information content (AvgIpc) is 2.65. The lowest BCUT2D eigenvalue weighted by molar-refractivity contribution is -0.127. The van der Waals surface area contributed by atoms with Crippen LogP contribution in [-0.2, 0) is 20.4 Å². The van der Waals surface area contributed by atoms with Crippen LogP contribution in [0.25, 0.3) is 0 Å². The molecule has 1 aromatic carbocycles. The normalized spacial score (nSPS) is 34.9.